The maximum atomic E-state index is 10.8. The Morgan fingerprint density at radius 2 is 2.46 bits per heavy atom. The van der Waals surface area contributed by atoms with Gasteiger partial charge in [-0.3, -0.25) is 4.79 Å². The topological polar surface area (TPSA) is 59.0 Å². The van der Waals surface area contributed by atoms with Crippen molar-refractivity contribution in [3.8, 4) is 0 Å². The summed E-state index contributed by atoms with van der Waals surface area (Å²) >= 11 is 0. The smallest absolute Gasteiger partial charge is 0.307 e. The van der Waals surface area contributed by atoms with E-state index in [2.05, 4.69) is 5.29 Å². The summed E-state index contributed by atoms with van der Waals surface area (Å²) in [5.41, 5.74) is 0. The molecule has 0 aromatic heterocycles. The lowest BCUT2D eigenvalue weighted by molar-refractivity contribution is -0.148. The van der Waals surface area contributed by atoms with Gasteiger partial charge in [0.2, 0.25) is 0 Å². The molecule has 0 aliphatic carbocycles. The number of unbranched alkanes of at least 4 members (excludes halogenated alkanes) is 1. The van der Waals surface area contributed by atoms with Gasteiger partial charge in [-0.15, -0.1) is 4.91 Å². The molecule has 1 unspecified atom stereocenters. The highest BCUT2D eigenvalue weighted by Gasteiger charge is 2.28. The monoisotopic (exact) mass is 186 g/mol. The lowest BCUT2D eigenvalue weighted by atomic mass is 10.3. The molecule has 1 heterocycles. The predicted octanol–water partition coefficient (Wildman–Crippen LogP) is 1.43. The van der Waals surface area contributed by atoms with E-state index in [1.54, 1.807) is 0 Å². The van der Waals surface area contributed by atoms with Gasteiger partial charge in [-0.05, 0) is 6.42 Å². The molecule has 1 atom stereocenters. The van der Waals surface area contributed by atoms with Crippen molar-refractivity contribution in [2.75, 3.05) is 6.54 Å². The van der Waals surface area contributed by atoms with Crippen LogP contribution in [0.25, 0.3) is 0 Å². The van der Waals surface area contributed by atoms with E-state index >= 15 is 0 Å². The van der Waals surface area contributed by atoms with E-state index in [-0.39, 0.29) is 5.97 Å². The maximum absolute atomic E-state index is 10.8. The molecule has 0 aromatic carbocycles. The summed E-state index contributed by atoms with van der Waals surface area (Å²) < 4.78 is 4.90. The molecular formula is C8H14N2O3. The Hall–Kier alpha value is -1.13. The highest BCUT2D eigenvalue weighted by Crippen LogP contribution is 2.18. The van der Waals surface area contributed by atoms with Crippen molar-refractivity contribution in [2.24, 2.45) is 5.29 Å². The van der Waals surface area contributed by atoms with Crippen LogP contribution in [0.4, 0.5) is 0 Å². The standard InChI is InChI=1S/C8H14N2O3/c1-2-3-6-10(9-12)7-4-5-8(11)13-7/h7H,2-6H2,1H3. The van der Waals surface area contributed by atoms with Crippen LogP contribution in [-0.2, 0) is 9.53 Å². The van der Waals surface area contributed by atoms with Gasteiger partial charge in [-0.25, -0.2) is 5.01 Å². The number of nitroso groups, excluding NO2 is 1. The average Bonchev–Trinajstić information content (AvgIpc) is 2.54. The molecule has 0 bridgehead atoms. The summed E-state index contributed by atoms with van der Waals surface area (Å²) in [7, 11) is 0. The summed E-state index contributed by atoms with van der Waals surface area (Å²) in [6.45, 7) is 2.60. The van der Waals surface area contributed by atoms with Crippen LogP contribution in [0.1, 0.15) is 32.6 Å². The Morgan fingerprint density at radius 1 is 1.69 bits per heavy atom. The fourth-order valence-electron chi connectivity index (χ4n) is 1.28. The number of cyclic esters (lactones) is 1. The Bertz CT molecular complexity index is 196. The van der Waals surface area contributed by atoms with Gasteiger partial charge in [0.25, 0.3) is 0 Å². The van der Waals surface area contributed by atoms with Crippen LogP contribution < -0.4 is 0 Å². The molecule has 0 amide bonds. The first kappa shape index (κ1) is 9.95. The average molecular weight is 186 g/mol. The normalized spacial score (nSPS) is 21.3. The third-order valence-electron chi connectivity index (χ3n) is 2.04. The number of carbonyl (C=O) groups excluding carboxylic acids is 1. The van der Waals surface area contributed by atoms with Gasteiger partial charge in [-0.1, -0.05) is 13.3 Å². The third-order valence-corrected chi connectivity index (χ3v) is 2.04. The van der Waals surface area contributed by atoms with Crippen LogP contribution in [0.15, 0.2) is 5.29 Å². The number of carbonyl (C=O) groups is 1. The van der Waals surface area contributed by atoms with Crippen molar-refractivity contribution in [3.63, 3.8) is 0 Å². The molecule has 0 saturated carbocycles. The molecular weight excluding hydrogens is 172 g/mol. The molecule has 1 aliphatic heterocycles. The molecule has 5 heteroatoms. The van der Waals surface area contributed by atoms with Crippen LogP contribution >= 0.6 is 0 Å². The van der Waals surface area contributed by atoms with E-state index in [1.807, 2.05) is 6.92 Å². The van der Waals surface area contributed by atoms with Crippen LogP contribution in [0, 0.1) is 4.91 Å². The van der Waals surface area contributed by atoms with Crippen molar-refractivity contribution in [2.45, 2.75) is 38.8 Å². The molecule has 1 aliphatic rings. The van der Waals surface area contributed by atoms with Gasteiger partial charge in [0.05, 0.1) is 11.7 Å². The Morgan fingerprint density at radius 3 is 2.92 bits per heavy atom. The van der Waals surface area contributed by atoms with Crippen LogP contribution in [0.3, 0.4) is 0 Å². The SMILES string of the molecule is CCCCN(N=O)C1CCC(=O)O1. The van der Waals surface area contributed by atoms with Crippen molar-refractivity contribution in [1.29, 1.82) is 0 Å². The number of rotatable bonds is 5. The number of hydrogen-bond acceptors (Lipinski definition) is 4. The molecule has 1 saturated heterocycles. The second kappa shape index (κ2) is 4.79. The second-order valence-corrected chi connectivity index (χ2v) is 3.08. The van der Waals surface area contributed by atoms with E-state index in [9.17, 15) is 9.70 Å². The largest absolute Gasteiger partial charge is 0.440 e. The lowest BCUT2D eigenvalue weighted by Gasteiger charge is -2.20. The van der Waals surface area contributed by atoms with Crippen molar-refractivity contribution in [1.82, 2.24) is 5.01 Å². The van der Waals surface area contributed by atoms with Crippen LogP contribution in [-0.4, -0.2) is 23.8 Å². The number of esters is 1. The first-order valence-corrected chi connectivity index (χ1v) is 4.57. The molecule has 0 radical (unpaired) electrons. The quantitative estimate of drug-likeness (QED) is 0.370. The molecule has 1 fully saturated rings. The first-order valence-electron chi connectivity index (χ1n) is 4.57. The Labute approximate surface area is 77.0 Å². The van der Waals surface area contributed by atoms with Gasteiger partial charge in [0, 0.05) is 13.0 Å². The third kappa shape index (κ3) is 2.68. The van der Waals surface area contributed by atoms with E-state index in [1.165, 1.54) is 5.01 Å². The highest BCUT2D eigenvalue weighted by molar-refractivity contribution is 5.71. The molecule has 0 N–H and O–H groups in total. The number of ether oxygens (including phenoxy) is 1. The zero-order valence-electron chi connectivity index (χ0n) is 7.73. The van der Waals surface area contributed by atoms with Crippen molar-refractivity contribution < 1.29 is 9.53 Å². The first-order chi connectivity index (χ1) is 6.27. The minimum absolute atomic E-state index is 0.241. The summed E-state index contributed by atoms with van der Waals surface area (Å²) in [6, 6.07) is 0. The highest BCUT2D eigenvalue weighted by atomic mass is 16.6. The van der Waals surface area contributed by atoms with Crippen molar-refractivity contribution >= 4 is 5.97 Å². The fraction of sp³-hybridized carbons (Fsp3) is 0.875. The summed E-state index contributed by atoms with van der Waals surface area (Å²) in [5, 5.41) is 4.16. The van der Waals surface area contributed by atoms with Gasteiger partial charge in [-0.2, -0.15) is 0 Å². The molecule has 0 spiro atoms. The maximum Gasteiger partial charge on any atom is 0.307 e. The Balaban J connectivity index is 2.37. The zero-order chi connectivity index (χ0) is 9.68. The zero-order valence-corrected chi connectivity index (χ0v) is 7.73. The van der Waals surface area contributed by atoms with E-state index in [4.69, 9.17) is 4.74 Å². The number of hydrogen-bond donors (Lipinski definition) is 0. The van der Waals surface area contributed by atoms with Crippen LogP contribution in [0.2, 0.25) is 0 Å². The molecule has 5 nitrogen and oxygen atoms in total. The summed E-state index contributed by atoms with van der Waals surface area (Å²) in [5.74, 6) is -0.241. The second-order valence-electron chi connectivity index (χ2n) is 3.08. The van der Waals surface area contributed by atoms with Gasteiger partial charge in [0.1, 0.15) is 0 Å². The molecule has 1 rings (SSSR count). The predicted molar refractivity (Wildman–Crippen MR) is 46.5 cm³/mol. The molecule has 0 aromatic rings. The minimum atomic E-state index is -0.420. The van der Waals surface area contributed by atoms with Crippen molar-refractivity contribution in [3.05, 3.63) is 4.91 Å². The lowest BCUT2D eigenvalue weighted by Crippen LogP contribution is -2.30. The van der Waals surface area contributed by atoms with Crippen LogP contribution in [0.5, 0.6) is 0 Å². The number of nitrogens with zero attached hydrogens (tertiary/aromatic N) is 2. The summed E-state index contributed by atoms with van der Waals surface area (Å²) in [4.78, 5) is 21.1. The fourth-order valence-corrected chi connectivity index (χ4v) is 1.28. The molecule has 13 heavy (non-hydrogen) atoms. The van der Waals surface area contributed by atoms with Gasteiger partial charge < -0.3 is 4.74 Å². The van der Waals surface area contributed by atoms with E-state index < -0.39 is 6.23 Å². The minimum Gasteiger partial charge on any atom is -0.440 e. The van der Waals surface area contributed by atoms with E-state index in [0.29, 0.717) is 19.4 Å². The molecule has 74 valence electrons. The van der Waals surface area contributed by atoms with Gasteiger partial charge >= 0.3 is 5.97 Å². The van der Waals surface area contributed by atoms with E-state index in [0.717, 1.165) is 12.8 Å². The summed E-state index contributed by atoms with van der Waals surface area (Å²) in [6.07, 6.45) is 2.43. The Kier molecular flexibility index (Phi) is 3.67. The van der Waals surface area contributed by atoms with Gasteiger partial charge in [0.15, 0.2) is 6.23 Å².